The van der Waals surface area contributed by atoms with Crippen LogP contribution >= 0.6 is 15.9 Å². The summed E-state index contributed by atoms with van der Waals surface area (Å²) >= 11 is 3.43. The fraction of sp³-hybridized carbons (Fsp3) is 0.462. The van der Waals surface area contributed by atoms with Crippen molar-refractivity contribution >= 4 is 21.9 Å². The summed E-state index contributed by atoms with van der Waals surface area (Å²) in [5, 5.41) is 8.93. The lowest BCUT2D eigenvalue weighted by molar-refractivity contribution is -0.138. The first-order chi connectivity index (χ1) is 7.77. The van der Waals surface area contributed by atoms with Gasteiger partial charge in [0.15, 0.2) is 0 Å². The molecule has 0 saturated heterocycles. The molecule has 17 heavy (non-hydrogen) atoms. The number of aryl methyl sites for hydroxylation is 1. The lowest BCUT2D eigenvalue weighted by Gasteiger charge is -2.26. The summed E-state index contributed by atoms with van der Waals surface area (Å²) in [4.78, 5) is 10.9. The van der Waals surface area contributed by atoms with Crippen molar-refractivity contribution < 1.29 is 14.6 Å². The SMILES string of the molecule is COc1cc(C)c(C(C)(C)CC(=O)O)cc1Br. The van der Waals surface area contributed by atoms with Gasteiger partial charge in [-0.1, -0.05) is 13.8 Å². The van der Waals surface area contributed by atoms with E-state index in [1.165, 1.54) is 0 Å². The molecule has 0 aliphatic carbocycles. The van der Waals surface area contributed by atoms with Gasteiger partial charge in [-0.15, -0.1) is 0 Å². The lowest BCUT2D eigenvalue weighted by atomic mass is 9.79. The molecule has 1 rings (SSSR count). The summed E-state index contributed by atoms with van der Waals surface area (Å²) in [5.74, 6) is -0.0290. The summed E-state index contributed by atoms with van der Waals surface area (Å²) in [5.41, 5.74) is 1.66. The van der Waals surface area contributed by atoms with Gasteiger partial charge in [0, 0.05) is 5.41 Å². The summed E-state index contributed by atoms with van der Waals surface area (Å²) in [6, 6.07) is 3.86. The van der Waals surface area contributed by atoms with E-state index in [1.807, 2.05) is 32.9 Å². The van der Waals surface area contributed by atoms with Gasteiger partial charge in [-0.05, 0) is 46.1 Å². The van der Waals surface area contributed by atoms with E-state index < -0.39 is 11.4 Å². The topological polar surface area (TPSA) is 46.5 Å². The number of ether oxygens (including phenoxy) is 1. The number of hydrogen-bond acceptors (Lipinski definition) is 2. The van der Waals surface area contributed by atoms with Crippen LogP contribution in [0, 0.1) is 6.92 Å². The molecule has 3 nitrogen and oxygen atoms in total. The van der Waals surface area contributed by atoms with Crippen LogP contribution < -0.4 is 4.74 Å². The van der Waals surface area contributed by atoms with Crippen LogP contribution in [-0.2, 0) is 10.2 Å². The maximum absolute atomic E-state index is 10.9. The van der Waals surface area contributed by atoms with E-state index in [4.69, 9.17) is 9.84 Å². The normalized spacial score (nSPS) is 11.4. The second-order valence-corrected chi connectivity index (χ2v) is 5.61. The highest BCUT2D eigenvalue weighted by Crippen LogP contribution is 2.36. The number of benzene rings is 1. The zero-order valence-electron chi connectivity index (χ0n) is 10.5. The Morgan fingerprint density at radius 2 is 2.06 bits per heavy atom. The van der Waals surface area contributed by atoms with Gasteiger partial charge in [-0.2, -0.15) is 0 Å². The molecular formula is C13H17BrO3. The molecule has 0 unspecified atom stereocenters. The lowest BCUT2D eigenvalue weighted by Crippen LogP contribution is -2.22. The van der Waals surface area contributed by atoms with Crippen molar-refractivity contribution in [1.82, 2.24) is 0 Å². The van der Waals surface area contributed by atoms with Crippen molar-refractivity contribution in [1.29, 1.82) is 0 Å². The fourth-order valence-corrected chi connectivity index (χ4v) is 2.52. The van der Waals surface area contributed by atoms with Crippen molar-refractivity contribution in [2.75, 3.05) is 7.11 Å². The predicted octanol–water partition coefficient (Wildman–Crippen LogP) is 3.52. The van der Waals surface area contributed by atoms with Crippen LogP contribution in [0.1, 0.15) is 31.4 Å². The van der Waals surface area contributed by atoms with Crippen molar-refractivity contribution in [3.05, 3.63) is 27.7 Å². The molecular weight excluding hydrogens is 284 g/mol. The van der Waals surface area contributed by atoms with Crippen LogP contribution in [-0.4, -0.2) is 18.2 Å². The minimum absolute atomic E-state index is 0.104. The van der Waals surface area contributed by atoms with Crippen LogP contribution in [0.3, 0.4) is 0 Å². The molecule has 0 aliphatic heterocycles. The minimum atomic E-state index is -0.790. The quantitative estimate of drug-likeness (QED) is 0.925. The molecule has 1 N–H and O–H groups in total. The third kappa shape index (κ3) is 3.22. The molecule has 0 aromatic heterocycles. The van der Waals surface area contributed by atoms with Crippen LogP contribution in [0.15, 0.2) is 16.6 Å². The fourth-order valence-electron chi connectivity index (χ4n) is 2.01. The number of rotatable bonds is 4. The Labute approximate surface area is 110 Å². The van der Waals surface area contributed by atoms with Gasteiger partial charge in [0.25, 0.3) is 0 Å². The highest BCUT2D eigenvalue weighted by Gasteiger charge is 2.26. The van der Waals surface area contributed by atoms with Crippen LogP contribution in [0.2, 0.25) is 0 Å². The van der Waals surface area contributed by atoms with E-state index in [9.17, 15) is 4.79 Å². The van der Waals surface area contributed by atoms with Gasteiger partial charge in [-0.3, -0.25) is 4.79 Å². The smallest absolute Gasteiger partial charge is 0.304 e. The average Bonchev–Trinajstić information content (AvgIpc) is 2.18. The first kappa shape index (κ1) is 14.0. The first-order valence-corrected chi connectivity index (χ1v) is 6.13. The summed E-state index contributed by atoms with van der Waals surface area (Å²) < 4.78 is 6.06. The molecule has 0 aliphatic rings. The van der Waals surface area contributed by atoms with Gasteiger partial charge in [0.1, 0.15) is 5.75 Å². The number of aliphatic carboxylic acids is 1. The highest BCUT2D eigenvalue weighted by molar-refractivity contribution is 9.10. The van der Waals surface area contributed by atoms with E-state index in [2.05, 4.69) is 15.9 Å². The standard InChI is InChI=1S/C13H17BrO3/c1-8-5-11(17-4)10(14)6-9(8)13(2,3)7-12(15)16/h5-6H,7H2,1-4H3,(H,15,16). The molecule has 0 saturated carbocycles. The number of methoxy groups -OCH3 is 1. The largest absolute Gasteiger partial charge is 0.496 e. The number of halogens is 1. The Hall–Kier alpha value is -1.03. The number of carboxylic acid groups (broad SMARTS) is 1. The average molecular weight is 301 g/mol. The number of hydrogen-bond donors (Lipinski definition) is 1. The molecule has 0 radical (unpaired) electrons. The molecule has 0 atom stereocenters. The highest BCUT2D eigenvalue weighted by atomic mass is 79.9. The van der Waals surface area contributed by atoms with E-state index >= 15 is 0 Å². The summed E-state index contributed by atoms with van der Waals surface area (Å²) in [7, 11) is 1.61. The van der Waals surface area contributed by atoms with Crippen molar-refractivity contribution in [2.45, 2.75) is 32.6 Å². The third-order valence-corrected chi connectivity index (χ3v) is 3.44. The molecule has 4 heteroatoms. The van der Waals surface area contributed by atoms with Crippen LogP contribution in [0.5, 0.6) is 5.75 Å². The molecule has 1 aromatic rings. The van der Waals surface area contributed by atoms with E-state index in [-0.39, 0.29) is 6.42 Å². The van der Waals surface area contributed by atoms with Crippen molar-refractivity contribution in [3.63, 3.8) is 0 Å². The van der Waals surface area contributed by atoms with Crippen molar-refractivity contribution in [3.8, 4) is 5.75 Å². The van der Waals surface area contributed by atoms with Gasteiger partial charge in [0.05, 0.1) is 18.0 Å². The zero-order chi connectivity index (χ0) is 13.2. The van der Waals surface area contributed by atoms with Gasteiger partial charge >= 0.3 is 5.97 Å². The maximum atomic E-state index is 10.9. The Bertz CT molecular complexity index is 439. The summed E-state index contributed by atoms with van der Waals surface area (Å²) in [6.45, 7) is 5.83. The van der Waals surface area contributed by atoms with E-state index in [0.29, 0.717) is 0 Å². The summed E-state index contributed by atoms with van der Waals surface area (Å²) in [6.07, 6.45) is 0.104. The molecule has 94 valence electrons. The Kier molecular flexibility index (Phi) is 4.20. The van der Waals surface area contributed by atoms with E-state index in [1.54, 1.807) is 7.11 Å². The molecule has 0 spiro atoms. The van der Waals surface area contributed by atoms with E-state index in [0.717, 1.165) is 21.3 Å². The van der Waals surface area contributed by atoms with Crippen LogP contribution in [0.25, 0.3) is 0 Å². The molecule has 0 fully saturated rings. The second-order valence-electron chi connectivity index (χ2n) is 4.76. The number of carboxylic acids is 1. The Morgan fingerprint density at radius 1 is 1.47 bits per heavy atom. The zero-order valence-corrected chi connectivity index (χ0v) is 12.1. The second kappa shape index (κ2) is 5.08. The minimum Gasteiger partial charge on any atom is -0.496 e. The molecule has 0 bridgehead atoms. The first-order valence-electron chi connectivity index (χ1n) is 5.34. The monoisotopic (exact) mass is 300 g/mol. The molecule has 1 aromatic carbocycles. The maximum Gasteiger partial charge on any atom is 0.304 e. The van der Waals surface area contributed by atoms with Crippen LogP contribution in [0.4, 0.5) is 0 Å². The third-order valence-electron chi connectivity index (χ3n) is 2.82. The Morgan fingerprint density at radius 3 is 2.53 bits per heavy atom. The number of carbonyl (C=O) groups is 1. The predicted molar refractivity (Wildman–Crippen MR) is 70.7 cm³/mol. The molecule has 0 heterocycles. The van der Waals surface area contributed by atoms with Crippen molar-refractivity contribution in [2.24, 2.45) is 0 Å². The Balaban J connectivity index is 3.22. The molecule has 0 amide bonds. The van der Waals surface area contributed by atoms with Gasteiger partial charge in [0.2, 0.25) is 0 Å². The van der Waals surface area contributed by atoms with Gasteiger partial charge in [-0.25, -0.2) is 0 Å². The van der Waals surface area contributed by atoms with Gasteiger partial charge < -0.3 is 9.84 Å².